The number of ether oxygens (including phenoxy) is 1. The molecule has 2 unspecified atom stereocenters. The Hall–Kier alpha value is -2.66. The Kier molecular flexibility index (Phi) is 5.18. The average molecular weight is 398 g/mol. The van der Waals surface area contributed by atoms with Crippen LogP contribution in [0.1, 0.15) is 31.2 Å². The highest BCUT2D eigenvalue weighted by Gasteiger charge is 2.49. The number of benzene rings is 2. The molecule has 0 bridgehead atoms. The molecular formula is C22H20ClNO4. The first kappa shape index (κ1) is 18.7. The van der Waals surface area contributed by atoms with Gasteiger partial charge in [0.25, 0.3) is 0 Å². The number of hydrogen-bond acceptors (Lipinski definition) is 4. The number of halogens is 1. The third kappa shape index (κ3) is 3.54. The molecule has 2 aliphatic rings. The van der Waals surface area contributed by atoms with Gasteiger partial charge in [-0.05, 0) is 42.7 Å². The van der Waals surface area contributed by atoms with Crippen molar-refractivity contribution in [3.05, 3.63) is 59.1 Å². The lowest BCUT2D eigenvalue weighted by Crippen LogP contribution is -2.31. The van der Waals surface area contributed by atoms with Gasteiger partial charge in [-0.15, -0.1) is 0 Å². The first-order chi connectivity index (χ1) is 13.5. The van der Waals surface area contributed by atoms with Crippen LogP contribution in [0.4, 0.5) is 5.69 Å². The number of esters is 1. The summed E-state index contributed by atoms with van der Waals surface area (Å²) in [5.41, 5.74) is 1.11. The second-order valence-electron chi connectivity index (χ2n) is 7.25. The number of para-hydroxylation sites is 2. The van der Waals surface area contributed by atoms with Crippen LogP contribution >= 0.6 is 11.6 Å². The van der Waals surface area contributed by atoms with Gasteiger partial charge >= 0.3 is 5.97 Å². The van der Waals surface area contributed by atoms with Crippen molar-refractivity contribution in [2.24, 2.45) is 11.8 Å². The van der Waals surface area contributed by atoms with Crippen LogP contribution in [0.25, 0.3) is 0 Å². The fourth-order valence-corrected chi connectivity index (χ4v) is 4.18. The van der Waals surface area contributed by atoms with E-state index in [-0.39, 0.29) is 35.8 Å². The third-order valence-corrected chi connectivity index (χ3v) is 5.68. The topological polar surface area (TPSA) is 63.7 Å². The fraction of sp³-hybridized carbons (Fsp3) is 0.318. The fourth-order valence-electron chi connectivity index (χ4n) is 4.06. The van der Waals surface area contributed by atoms with Crippen LogP contribution in [0.15, 0.2) is 48.5 Å². The van der Waals surface area contributed by atoms with Crippen LogP contribution in [-0.2, 0) is 20.8 Å². The molecule has 0 aromatic heterocycles. The van der Waals surface area contributed by atoms with Crippen molar-refractivity contribution in [1.29, 1.82) is 0 Å². The average Bonchev–Trinajstić information content (AvgIpc) is 2.95. The molecule has 0 radical (unpaired) electrons. The van der Waals surface area contributed by atoms with Crippen LogP contribution in [0.3, 0.4) is 0 Å². The highest BCUT2D eigenvalue weighted by atomic mass is 35.5. The van der Waals surface area contributed by atoms with Crippen LogP contribution in [0.5, 0.6) is 5.75 Å². The minimum atomic E-state index is -0.466. The third-order valence-electron chi connectivity index (χ3n) is 5.43. The highest BCUT2D eigenvalue weighted by Crippen LogP contribution is 2.42. The number of fused-ring (bicyclic) bond motifs is 1. The quantitative estimate of drug-likeness (QED) is 0.441. The number of rotatable bonds is 4. The summed E-state index contributed by atoms with van der Waals surface area (Å²) in [5, 5.41) is 0.593. The Balaban J connectivity index is 1.55. The number of carbonyl (C=O) groups excluding carboxylic acids is 3. The maximum Gasteiger partial charge on any atom is 0.315 e. The van der Waals surface area contributed by atoms with Gasteiger partial charge in [0.1, 0.15) is 0 Å². The number of amides is 2. The van der Waals surface area contributed by atoms with E-state index in [0.717, 1.165) is 31.2 Å². The molecule has 28 heavy (non-hydrogen) atoms. The van der Waals surface area contributed by atoms with Gasteiger partial charge in [-0.1, -0.05) is 48.7 Å². The molecule has 144 valence electrons. The second kappa shape index (κ2) is 7.76. The van der Waals surface area contributed by atoms with Gasteiger partial charge in [0.2, 0.25) is 11.8 Å². The van der Waals surface area contributed by atoms with E-state index in [9.17, 15) is 14.4 Å². The molecule has 0 spiro atoms. The molecule has 2 atom stereocenters. The van der Waals surface area contributed by atoms with Crippen LogP contribution in [0.2, 0.25) is 5.02 Å². The first-order valence-corrected chi connectivity index (χ1v) is 9.84. The lowest BCUT2D eigenvalue weighted by atomic mass is 9.81. The predicted molar refractivity (Wildman–Crippen MR) is 105 cm³/mol. The Morgan fingerprint density at radius 2 is 1.57 bits per heavy atom. The minimum Gasteiger partial charge on any atom is -0.424 e. The van der Waals surface area contributed by atoms with Crippen LogP contribution in [-0.4, -0.2) is 17.8 Å². The maximum atomic E-state index is 12.9. The monoisotopic (exact) mass is 397 g/mol. The molecule has 2 aromatic rings. The molecular weight excluding hydrogens is 378 g/mol. The van der Waals surface area contributed by atoms with E-state index in [1.54, 1.807) is 48.5 Å². The Labute approximate surface area is 168 Å². The SMILES string of the molecule is O=C(Cc1ccc(Cl)cc1)Oc1ccccc1N1C(=O)C2CCCCC2C1=O. The normalized spacial score (nSPS) is 21.5. The van der Waals surface area contributed by atoms with E-state index in [1.807, 2.05) is 0 Å². The number of imide groups is 1. The Morgan fingerprint density at radius 3 is 2.21 bits per heavy atom. The van der Waals surface area contributed by atoms with Gasteiger partial charge in [0.05, 0.1) is 23.9 Å². The van der Waals surface area contributed by atoms with Crippen LogP contribution < -0.4 is 9.64 Å². The molecule has 4 rings (SSSR count). The van der Waals surface area contributed by atoms with E-state index in [0.29, 0.717) is 10.7 Å². The van der Waals surface area contributed by atoms with Gasteiger partial charge in [-0.25, -0.2) is 4.90 Å². The van der Waals surface area contributed by atoms with Crippen molar-refractivity contribution in [3.8, 4) is 5.75 Å². The van der Waals surface area contributed by atoms with Crippen molar-refractivity contribution in [3.63, 3.8) is 0 Å². The molecule has 1 aliphatic carbocycles. The standard InChI is InChI=1S/C22H20ClNO4/c23-15-11-9-14(10-12-15)13-20(25)28-19-8-4-3-7-18(19)24-21(26)16-5-1-2-6-17(16)22(24)27/h3-4,7-12,16-17H,1-2,5-6,13H2. The van der Waals surface area contributed by atoms with E-state index in [1.165, 1.54) is 4.90 Å². The summed E-state index contributed by atoms with van der Waals surface area (Å²) in [4.78, 5) is 39.3. The molecule has 2 fully saturated rings. The zero-order chi connectivity index (χ0) is 19.7. The van der Waals surface area contributed by atoms with Crippen molar-refractivity contribution in [1.82, 2.24) is 0 Å². The van der Waals surface area contributed by atoms with Gasteiger partial charge < -0.3 is 4.74 Å². The summed E-state index contributed by atoms with van der Waals surface area (Å²) in [6, 6.07) is 13.6. The Morgan fingerprint density at radius 1 is 0.964 bits per heavy atom. The molecule has 1 aliphatic heterocycles. The molecule has 1 heterocycles. The lowest BCUT2D eigenvalue weighted by Gasteiger charge is -2.19. The molecule has 2 aromatic carbocycles. The summed E-state index contributed by atoms with van der Waals surface area (Å²) in [6.07, 6.45) is 3.48. The minimum absolute atomic E-state index is 0.0681. The summed E-state index contributed by atoms with van der Waals surface area (Å²) in [6.45, 7) is 0. The van der Waals surface area contributed by atoms with Crippen molar-refractivity contribution in [2.75, 3.05) is 4.90 Å². The number of hydrogen-bond donors (Lipinski definition) is 0. The maximum absolute atomic E-state index is 12.9. The van der Waals surface area contributed by atoms with Crippen molar-refractivity contribution in [2.45, 2.75) is 32.1 Å². The van der Waals surface area contributed by atoms with E-state index < -0.39 is 5.97 Å². The van der Waals surface area contributed by atoms with Gasteiger partial charge in [-0.2, -0.15) is 0 Å². The first-order valence-electron chi connectivity index (χ1n) is 9.46. The zero-order valence-corrected chi connectivity index (χ0v) is 16.0. The van der Waals surface area contributed by atoms with Gasteiger partial charge in [0.15, 0.2) is 5.75 Å². The van der Waals surface area contributed by atoms with Crippen LogP contribution in [0, 0.1) is 11.8 Å². The summed E-state index contributed by atoms with van der Waals surface area (Å²) in [7, 11) is 0. The molecule has 0 N–H and O–H groups in total. The van der Waals surface area contributed by atoms with Crippen molar-refractivity contribution < 1.29 is 19.1 Å². The number of nitrogens with zero attached hydrogens (tertiary/aromatic N) is 1. The molecule has 2 amide bonds. The number of anilines is 1. The summed E-state index contributed by atoms with van der Waals surface area (Å²) < 4.78 is 5.52. The Bertz CT molecular complexity index is 900. The molecule has 1 saturated heterocycles. The van der Waals surface area contributed by atoms with Crippen molar-refractivity contribution >= 4 is 35.1 Å². The largest absolute Gasteiger partial charge is 0.424 e. The smallest absolute Gasteiger partial charge is 0.315 e. The molecule has 6 heteroatoms. The predicted octanol–water partition coefficient (Wildman–Crippen LogP) is 4.17. The second-order valence-corrected chi connectivity index (χ2v) is 7.69. The summed E-state index contributed by atoms with van der Waals surface area (Å²) in [5.74, 6) is -1.11. The number of carbonyl (C=O) groups is 3. The molecule has 5 nitrogen and oxygen atoms in total. The molecule has 1 saturated carbocycles. The van der Waals surface area contributed by atoms with E-state index >= 15 is 0 Å². The van der Waals surface area contributed by atoms with E-state index in [2.05, 4.69) is 0 Å². The summed E-state index contributed by atoms with van der Waals surface area (Å²) >= 11 is 5.87. The van der Waals surface area contributed by atoms with Gasteiger partial charge in [0, 0.05) is 5.02 Å². The zero-order valence-electron chi connectivity index (χ0n) is 15.3. The highest BCUT2D eigenvalue weighted by molar-refractivity contribution is 6.30. The van der Waals surface area contributed by atoms with E-state index in [4.69, 9.17) is 16.3 Å². The van der Waals surface area contributed by atoms with Gasteiger partial charge in [-0.3, -0.25) is 14.4 Å². The lowest BCUT2D eigenvalue weighted by molar-refractivity contribution is -0.133.